The molecule has 0 aromatic carbocycles. The number of anilines is 1. The third kappa shape index (κ3) is 3.87. The van der Waals surface area contributed by atoms with Gasteiger partial charge in [0.05, 0.1) is 17.2 Å². The lowest BCUT2D eigenvalue weighted by atomic mass is 10.3. The summed E-state index contributed by atoms with van der Waals surface area (Å²) in [6, 6.07) is 0. The second kappa shape index (κ2) is 7.86. The van der Waals surface area contributed by atoms with Gasteiger partial charge < -0.3 is 19.7 Å². The Bertz CT molecular complexity index is 849. The maximum Gasteiger partial charge on any atom is 0.293 e. The van der Waals surface area contributed by atoms with Crippen molar-refractivity contribution in [2.75, 3.05) is 38.1 Å². The maximum absolute atomic E-state index is 12.2. The van der Waals surface area contributed by atoms with Crippen LogP contribution in [0.25, 0.3) is 0 Å². The minimum Gasteiger partial charge on any atom is -0.351 e. The van der Waals surface area contributed by atoms with Crippen molar-refractivity contribution in [3.05, 3.63) is 38.3 Å². The molecule has 2 aromatic rings. The van der Waals surface area contributed by atoms with Gasteiger partial charge in [0.25, 0.3) is 5.56 Å². The van der Waals surface area contributed by atoms with E-state index in [1.165, 1.54) is 4.88 Å². The van der Waals surface area contributed by atoms with Gasteiger partial charge >= 0.3 is 0 Å². The smallest absolute Gasteiger partial charge is 0.293 e. The molecule has 9 heteroatoms. The van der Waals surface area contributed by atoms with Gasteiger partial charge in [-0.1, -0.05) is 0 Å². The predicted molar refractivity (Wildman–Crippen MR) is 105 cm³/mol. The van der Waals surface area contributed by atoms with E-state index in [4.69, 9.17) is 0 Å². The molecule has 0 spiro atoms. The van der Waals surface area contributed by atoms with Gasteiger partial charge in [-0.2, -0.15) is 0 Å². The Morgan fingerprint density at radius 3 is 2.65 bits per heavy atom. The van der Waals surface area contributed by atoms with Gasteiger partial charge in [0.15, 0.2) is 11.8 Å². The number of rotatable bonds is 3. The second-order valence-electron chi connectivity index (χ2n) is 6.28. The summed E-state index contributed by atoms with van der Waals surface area (Å²) in [4.78, 5) is 30.9. The van der Waals surface area contributed by atoms with E-state index >= 15 is 0 Å². The van der Waals surface area contributed by atoms with Gasteiger partial charge in [0, 0.05) is 57.5 Å². The van der Waals surface area contributed by atoms with Crippen molar-refractivity contribution in [1.29, 1.82) is 0 Å². The number of hydrogen-bond acceptors (Lipinski definition) is 6. The van der Waals surface area contributed by atoms with Crippen molar-refractivity contribution in [3.63, 3.8) is 0 Å². The Morgan fingerprint density at radius 2 is 2.04 bits per heavy atom. The number of hydrogen-bond donors (Lipinski definition) is 1. The molecule has 3 heterocycles. The summed E-state index contributed by atoms with van der Waals surface area (Å²) < 4.78 is 1.56. The lowest BCUT2D eigenvalue weighted by molar-refractivity contribution is 0.370. The largest absolute Gasteiger partial charge is 0.351 e. The van der Waals surface area contributed by atoms with E-state index in [1.54, 1.807) is 42.4 Å². The highest BCUT2D eigenvalue weighted by Crippen LogP contribution is 2.17. The normalized spacial score (nSPS) is 15.5. The fourth-order valence-electron chi connectivity index (χ4n) is 3.06. The van der Waals surface area contributed by atoms with Gasteiger partial charge in [0.1, 0.15) is 0 Å². The van der Waals surface area contributed by atoms with Crippen LogP contribution in [0.3, 0.4) is 0 Å². The quantitative estimate of drug-likeness (QED) is 0.630. The van der Waals surface area contributed by atoms with Crippen LogP contribution < -0.4 is 15.8 Å². The van der Waals surface area contributed by atoms with Crippen LogP contribution in [0, 0.1) is 13.8 Å². The van der Waals surface area contributed by atoms with Gasteiger partial charge in [0.2, 0.25) is 0 Å². The molecule has 26 heavy (non-hydrogen) atoms. The molecule has 0 amide bonds. The summed E-state index contributed by atoms with van der Waals surface area (Å²) in [5.74, 6) is 1.40. The van der Waals surface area contributed by atoms with Gasteiger partial charge in [-0.05, 0) is 13.8 Å². The number of nitrogens with one attached hydrogen (secondary N) is 1. The van der Waals surface area contributed by atoms with E-state index in [2.05, 4.69) is 25.2 Å². The third-order valence-electron chi connectivity index (χ3n) is 4.50. The first-order valence-corrected chi connectivity index (χ1v) is 9.46. The minimum absolute atomic E-state index is 0.0560. The third-order valence-corrected chi connectivity index (χ3v) is 5.57. The molecular weight excluding hydrogens is 350 g/mol. The molecule has 1 aliphatic heterocycles. The summed E-state index contributed by atoms with van der Waals surface area (Å²) in [5, 5.41) is 4.51. The number of guanidine groups is 1. The van der Waals surface area contributed by atoms with E-state index in [9.17, 15) is 4.79 Å². The van der Waals surface area contributed by atoms with Crippen molar-refractivity contribution < 1.29 is 0 Å². The molecule has 8 nitrogen and oxygen atoms in total. The molecule has 0 unspecified atom stereocenters. The molecule has 1 aliphatic rings. The minimum atomic E-state index is -0.0560. The fourth-order valence-corrected chi connectivity index (χ4v) is 3.94. The van der Waals surface area contributed by atoms with E-state index in [0.717, 1.165) is 49.4 Å². The summed E-state index contributed by atoms with van der Waals surface area (Å²) in [5.41, 5.74) is 1.02. The van der Waals surface area contributed by atoms with Crippen molar-refractivity contribution in [3.8, 4) is 0 Å². The molecule has 0 saturated carbocycles. The van der Waals surface area contributed by atoms with E-state index in [0.29, 0.717) is 5.82 Å². The lowest BCUT2D eigenvalue weighted by Crippen LogP contribution is -2.53. The summed E-state index contributed by atoms with van der Waals surface area (Å²) in [6.07, 6.45) is 3.35. The average molecular weight is 376 g/mol. The number of thiazole rings is 1. The average Bonchev–Trinajstić information content (AvgIpc) is 2.96. The Morgan fingerprint density at radius 1 is 1.31 bits per heavy atom. The Balaban J connectivity index is 1.60. The number of nitrogens with zero attached hydrogens (tertiary/aromatic N) is 6. The van der Waals surface area contributed by atoms with Crippen LogP contribution in [-0.4, -0.2) is 58.6 Å². The maximum atomic E-state index is 12.2. The highest BCUT2D eigenvalue weighted by molar-refractivity contribution is 7.11. The molecule has 0 atom stereocenters. The number of piperazine rings is 1. The Kier molecular flexibility index (Phi) is 5.55. The van der Waals surface area contributed by atoms with Crippen LogP contribution >= 0.6 is 11.3 Å². The molecule has 1 fully saturated rings. The molecule has 0 aliphatic carbocycles. The lowest BCUT2D eigenvalue weighted by Gasteiger charge is -2.36. The summed E-state index contributed by atoms with van der Waals surface area (Å²) >= 11 is 1.71. The Hall–Kier alpha value is -2.42. The van der Waals surface area contributed by atoms with Gasteiger partial charge in [-0.15, -0.1) is 11.3 Å². The van der Waals surface area contributed by atoms with Crippen molar-refractivity contribution >= 4 is 23.1 Å². The van der Waals surface area contributed by atoms with Crippen LogP contribution in [0.5, 0.6) is 0 Å². The molecule has 0 bridgehead atoms. The zero-order valence-electron chi connectivity index (χ0n) is 15.7. The highest BCUT2D eigenvalue weighted by atomic mass is 32.1. The SMILES string of the molecule is CN=C(NCc1sc(C)nc1C)N1CCN(c2nccn(C)c2=O)CC1. The first-order valence-electron chi connectivity index (χ1n) is 8.64. The number of aryl methyl sites for hydroxylation is 3. The topological polar surface area (TPSA) is 78.7 Å². The van der Waals surface area contributed by atoms with Crippen LogP contribution in [0.2, 0.25) is 0 Å². The van der Waals surface area contributed by atoms with E-state index < -0.39 is 0 Å². The highest BCUT2D eigenvalue weighted by Gasteiger charge is 2.22. The van der Waals surface area contributed by atoms with Gasteiger partial charge in [-0.25, -0.2) is 9.97 Å². The van der Waals surface area contributed by atoms with E-state index in [-0.39, 0.29) is 5.56 Å². The first kappa shape index (κ1) is 18.4. The van der Waals surface area contributed by atoms with Crippen LogP contribution in [-0.2, 0) is 13.6 Å². The molecular formula is C17H25N7OS. The second-order valence-corrected chi connectivity index (χ2v) is 7.57. The van der Waals surface area contributed by atoms with Crippen LogP contribution in [0.1, 0.15) is 15.6 Å². The first-order chi connectivity index (χ1) is 12.5. The molecule has 0 radical (unpaired) electrons. The number of aromatic nitrogens is 3. The van der Waals surface area contributed by atoms with Crippen molar-refractivity contribution in [2.24, 2.45) is 12.0 Å². The molecule has 1 saturated heterocycles. The Labute approximate surface area is 157 Å². The molecule has 3 rings (SSSR count). The molecule has 1 N–H and O–H groups in total. The summed E-state index contributed by atoms with van der Waals surface area (Å²) in [7, 11) is 3.55. The zero-order chi connectivity index (χ0) is 18.7. The predicted octanol–water partition coefficient (Wildman–Crippen LogP) is 0.751. The van der Waals surface area contributed by atoms with E-state index in [1.807, 2.05) is 18.7 Å². The molecule has 140 valence electrons. The zero-order valence-corrected chi connectivity index (χ0v) is 16.5. The number of aliphatic imine (C=N–C) groups is 1. The van der Waals surface area contributed by atoms with Crippen molar-refractivity contribution in [1.82, 2.24) is 24.8 Å². The monoisotopic (exact) mass is 375 g/mol. The van der Waals surface area contributed by atoms with Gasteiger partial charge in [-0.3, -0.25) is 9.79 Å². The van der Waals surface area contributed by atoms with Crippen LogP contribution in [0.4, 0.5) is 5.82 Å². The van der Waals surface area contributed by atoms with Crippen molar-refractivity contribution in [2.45, 2.75) is 20.4 Å². The molecule has 2 aromatic heterocycles. The van der Waals surface area contributed by atoms with Crippen LogP contribution in [0.15, 0.2) is 22.2 Å². The standard InChI is InChI=1S/C17H25N7OS/c1-12-14(26-13(2)21-12)11-20-17(18-3)24-9-7-23(8-10-24)15-16(25)22(4)6-5-19-15/h5-6H,7-11H2,1-4H3,(H,18,20). The summed E-state index contributed by atoms with van der Waals surface area (Å²) in [6.45, 7) is 7.86. The fraction of sp³-hybridized carbons (Fsp3) is 0.529.